The van der Waals surface area contributed by atoms with Gasteiger partial charge in [0.15, 0.2) is 0 Å². The van der Waals surface area contributed by atoms with E-state index in [4.69, 9.17) is 0 Å². The lowest BCUT2D eigenvalue weighted by Gasteiger charge is -2.14. The van der Waals surface area contributed by atoms with Crippen LogP contribution in [0.25, 0.3) is 0 Å². The highest BCUT2D eigenvalue weighted by atomic mass is 16.2. The predicted molar refractivity (Wildman–Crippen MR) is 112 cm³/mol. The maximum atomic E-state index is 12.3. The van der Waals surface area contributed by atoms with Crippen molar-refractivity contribution in [1.82, 2.24) is 5.32 Å². The quantitative estimate of drug-likeness (QED) is 0.564. The molecular formula is C21H26N4O3. The summed E-state index contributed by atoms with van der Waals surface area (Å²) < 4.78 is 0. The number of amides is 3. The summed E-state index contributed by atoms with van der Waals surface area (Å²) in [7, 11) is 0. The van der Waals surface area contributed by atoms with Crippen LogP contribution in [0, 0.1) is 6.92 Å². The van der Waals surface area contributed by atoms with Crippen molar-refractivity contribution in [2.45, 2.75) is 27.2 Å². The van der Waals surface area contributed by atoms with E-state index in [-0.39, 0.29) is 24.3 Å². The Hall–Kier alpha value is -3.35. The molecule has 0 atom stereocenters. The van der Waals surface area contributed by atoms with Gasteiger partial charge in [-0.2, -0.15) is 0 Å². The summed E-state index contributed by atoms with van der Waals surface area (Å²) in [6.45, 7) is 6.10. The van der Waals surface area contributed by atoms with E-state index in [9.17, 15) is 14.4 Å². The van der Waals surface area contributed by atoms with E-state index >= 15 is 0 Å². The summed E-state index contributed by atoms with van der Waals surface area (Å²) in [5.41, 5.74) is 3.38. The molecule has 148 valence electrons. The summed E-state index contributed by atoms with van der Waals surface area (Å²) in [4.78, 5) is 35.8. The fourth-order valence-corrected chi connectivity index (χ4v) is 2.58. The van der Waals surface area contributed by atoms with Crippen molar-refractivity contribution in [3.63, 3.8) is 0 Å². The van der Waals surface area contributed by atoms with Gasteiger partial charge in [-0.3, -0.25) is 14.4 Å². The Morgan fingerprint density at radius 2 is 1.61 bits per heavy atom. The van der Waals surface area contributed by atoms with Crippen LogP contribution >= 0.6 is 0 Å². The first-order valence-corrected chi connectivity index (χ1v) is 9.26. The minimum atomic E-state index is -0.240. The molecule has 0 saturated carbocycles. The Labute approximate surface area is 164 Å². The van der Waals surface area contributed by atoms with Crippen LogP contribution in [-0.4, -0.2) is 30.8 Å². The summed E-state index contributed by atoms with van der Waals surface area (Å²) in [5.74, 6) is -0.487. The molecule has 2 aromatic carbocycles. The average Bonchev–Trinajstić information content (AvgIpc) is 2.69. The zero-order valence-corrected chi connectivity index (χ0v) is 16.4. The van der Waals surface area contributed by atoms with Crippen molar-refractivity contribution in [2.24, 2.45) is 0 Å². The molecule has 3 amide bonds. The Balaban J connectivity index is 1.98. The molecule has 4 N–H and O–H groups in total. The SMILES string of the molecule is CCNC(=O)c1cccc(NC(=O)CNc2cccc(NC(=O)CC)c2C)c1. The second kappa shape index (κ2) is 10.1. The number of hydrogen-bond donors (Lipinski definition) is 4. The van der Waals surface area contributed by atoms with Crippen molar-refractivity contribution in [2.75, 3.05) is 29.0 Å². The zero-order chi connectivity index (χ0) is 20.5. The molecule has 7 nitrogen and oxygen atoms in total. The molecular weight excluding hydrogens is 356 g/mol. The molecule has 0 aliphatic heterocycles. The molecule has 0 fully saturated rings. The monoisotopic (exact) mass is 382 g/mol. The topological polar surface area (TPSA) is 99.3 Å². The lowest BCUT2D eigenvalue weighted by molar-refractivity contribution is -0.116. The number of carbonyl (C=O) groups is 3. The predicted octanol–water partition coefficient (Wildman–Crippen LogP) is 3.14. The maximum Gasteiger partial charge on any atom is 0.251 e. The highest BCUT2D eigenvalue weighted by molar-refractivity contribution is 5.98. The highest BCUT2D eigenvalue weighted by Gasteiger charge is 2.09. The minimum Gasteiger partial charge on any atom is -0.376 e. The van der Waals surface area contributed by atoms with Crippen LogP contribution < -0.4 is 21.3 Å². The van der Waals surface area contributed by atoms with Gasteiger partial charge in [0.2, 0.25) is 11.8 Å². The molecule has 7 heteroatoms. The van der Waals surface area contributed by atoms with E-state index < -0.39 is 0 Å². The number of anilines is 3. The molecule has 0 aliphatic rings. The third kappa shape index (κ3) is 5.84. The zero-order valence-electron chi connectivity index (χ0n) is 16.4. The van der Waals surface area contributed by atoms with Crippen molar-refractivity contribution in [1.29, 1.82) is 0 Å². The molecule has 2 rings (SSSR count). The molecule has 0 spiro atoms. The van der Waals surface area contributed by atoms with Gasteiger partial charge in [0.25, 0.3) is 5.91 Å². The third-order valence-corrected chi connectivity index (χ3v) is 4.11. The van der Waals surface area contributed by atoms with Crippen LogP contribution in [0.2, 0.25) is 0 Å². The van der Waals surface area contributed by atoms with Crippen LogP contribution in [0.3, 0.4) is 0 Å². The Morgan fingerprint density at radius 1 is 0.893 bits per heavy atom. The molecule has 0 radical (unpaired) electrons. The highest BCUT2D eigenvalue weighted by Crippen LogP contribution is 2.23. The molecule has 0 heterocycles. The van der Waals surface area contributed by atoms with Gasteiger partial charge in [0.1, 0.15) is 0 Å². The van der Waals surface area contributed by atoms with Crippen LogP contribution in [0.4, 0.5) is 17.1 Å². The summed E-state index contributed by atoms with van der Waals surface area (Å²) in [6.07, 6.45) is 0.398. The summed E-state index contributed by atoms with van der Waals surface area (Å²) >= 11 is 0. The largest absolute Gasteiger partial charge is 0.376 e. The average molecular weight is 382 g/mol. The van der Waals surface area contributed by atoms with Gasteiger partial charge < -0.3 is 21.3 Å². The minimum absolute atomic E-state index is 0.0530. The Bertz CT molecular complexity index is 864. The molecule has 0 saturated heterocycles. The fourth-order valence-electron chi connectivity index (χ4n) is 2.58. The number of hydrogen-bond acceptors (Lipinski definition) is 4. The van der Waals surface area contributed by atoms with Gasteiger partial charge in [0, 0.05) is 35.6 Å². The van der Waals surface area contributed by atoms with Gasteiger partial charge in [-0.05, 0) is 49.7 Å². The smallest absolute Gasteiger partial charge is 0.251 e. The number of rotatable bonds is 8. The van der Waals surface area contributed by atoms with Crippen molar-refractivity contribution < 1.29 is 14.4 Å². The lowest BCUT2D eigenvalue weighted by atomic mass is 10.1. The van der Waals surface area contributed by atoms with E-state index in [0.717, 1.165) is 11.3 Å². The molecule has 0 bridgehead atoms. The molecule has 0 aliphatic carbocycles. The van der Waals surface area contributed by atoms with E-state index in [0.29, 0.717) is 29.9 Å². The van der Waals surface area contributed by atoms with Crippen molar-refractivity contribution >= 4 is 34.8 Å². The van der Waals surface area contributed by atoms with Crippen LogP contribution in [-0.2, 0) is 9.59 Å². The first-order valence-electron chi connectivity index (χ1n) is 9.26. The van der Waals surface area contributed by atoms with Crippen LogP contribution in [0.1, 0.15) is 36.2 Å². The van der Waals surface area contributed by atoms with E-state index in [1.807, 2.05) is 32.0 Å². The standard InChI is InChI=1S/C21H26N4O3/c1-4-19(26)25-18-11-7-10-17(14(18)3)23-13-20(27)24-16-9-6-8-15(12-16)21(28)22-5-2/h6-12,23H,4-5,13H2,1-3H3,(H,22,28)(H,24,27)(H,25,26). The second-order valence-corrected chi connectivity index (χ2v) is 6.22. The second-order valence-electron chi connectivity index (χ2n) is 6.22. The lowest BCUT2D eigenvalue weighted by Crippen LogP contribution is -2.24. The number of nitrogens with one attached hydrogen (secondary N) is 4. The van der Waals surface area contributed by atoms with E-state index in [2.05, 4.69) is 21.3 Å². The van der Waals surface area contributed by atoms with Crippen LogP contribution in [0.15, 0.2) is 42.5 Å². The van der Waals surface area contributed by atoms with Gasteiger partial charge in [-0.15, -0.1) is 0 Å². The molecule has 2 aromatic rings. The Morgan fingerprint density at radius 3 is 2.32 bits per heavy atom. The van der Waals surface area contributed by atoms with Gasteiger partial charge in [-0.25, -0.2) is 0 Å². The molecule has 28 heavy (non-hydrogen) atoms. The molecule has 0 unspecified atom stereocenters. The van der Waals surface area contributed by atoms with E-state index in [1.54, 1.807) is 31.2 Å². The summed E-state index contributed by atoms with van der Waals surface area (Å²) in [6, 6.07) is 12.3. The fraction of sp³-hybridized carbons (Fsp3) is 0.286. The van der Waals surface area contributed by atoms with Crippen molar-refractivity contribution in [3.05, 3.63) is 53.6 Å². The molecule has 0 aromatic heterocycles. The number of benzene rings is 2. The van der Waals surface area contributed by atoms with Gasteiger partial charge >= 0.3 is 0 Å². The van der Waals surface area contributed by atoms with Gasteiger partial charge in [-0.1, -0.05) is 19.1 Å². The van der Waals surface area contributed by atoms with Crippen LogP contribution in [0.5, 0.6) is 0 Å². The Kier molecular flexibility index (Phi) is 7.56. The first-order chi connectivity index (χ1) is 13.4. The van der Waals surface area contributed by atoms with Crippen molar-refractivity contribution in [3.8, 4) is 0 Å². The maximum absolute atomic E-state index is 12.3. The normalized spacial score (nSPS) is 10.1. The number of carbonyl (C=O) groups excluding carboxylic acids is 3. The third-order valence-electron chi connectivity index (χ3n) is 4.11. The summed E-state index contributed by atoms with van der Waals surface area (Å²) in [5, 5.41) is 11.4. The first kappa shape index (κ1) is 21.0. The van der Waals surface area contributed by atoms with Gasteiger partial charge in [0.05, 0.1) is 6.54 Å². The van der Waals surface area contributed by atoms with E-state index in [1.165, 1.54) is 0 Å².